The number of nitrogens with zero attached hydrogens (tertiary/aromatic N) is 1. The molecule has 0 aliphatic carbocycles. The van der Waals surface area contributed by atoms with Gasteiger partial charge in [-0.15, -0.1) is 0 Å². The molecule has 0 radical (unpaired) electrons. The number of carboxylic acid groups (broad SMARTS) is 1. The number of carbonyl (C=O) groups excluding carboxylic acids is 1. The molecule has 1 unspecified atom stereocenters. The molecule has 7 heteroatoms. The molecule has 0 bridgehead atoms. The molecule has 0 fully saturated rings. The number of hydrogen-bond acceptors (Lipinski definition) is 4. The van der Waals surface area contributed by atoms with Gasteiger partial charge in [0.1, 0.15) is 0 Å². The van der Waals surface area contributed by atoms with E-state index in [1.54, 1.807) is 0 Å². The van der Waals surface area contributed by atoms with Crippen LogP contribution in [0.1, 0.15) is 10.4 Å². The lowest BCUT2D eigenvalue weighted by Gasteiger charge is -2.07. The predicted octanol–water partition coefficient (Wildman–Crippen LogP) is -0.604. The van der Waals surface area contributed by atoms with Gasteiger partial charge >= 0.3 is 5.97 Å². The summed E-state index contributed by atoms with van der Waals surface area (Å²) in [7, 11) is 0. The summed E-state index contributed by atoms with van der Waals surface area (Å²) in [5, 5.41) is 19.4. The fourth-order valence-corrected chi connectivity index (χ4v) is 0.889. The van der Waals surface area contributed by atoms with Gasteiger partial charge in [-0.05, 0) is 12.1 Å². The number of amides is 1. The van der Waals surface area contributed by atoms with E-state index in [2.05, 4.69) is 10.3 Å². The second-order valence-electron chi connectivity index (χ2n) is 2.93. The van der Waals surface area contributed by atoms with Crippen LogP contribution < -0.4 is 5.32 Å². The van der Waals surface area contributed by atoms with Gasteiger partial charge < -0.3 is 15.5 Å². The number of hydrogen-bond donors (Lipinski definition) is 3. The minimum atomic E-state index is -1.67. The number of rotatable bonds is 4. The average molecular weight is 228 g/mol. The molecule has 0 saturated heterocycles. The van der Waals surface area contributed by atoms with E-state index in [1.807, 2.05) is 0 Å². The Balaban J connectivity index is 2.53. The summed E-state index contributed by atoms with van der Waals surface area (Å²) in [6, 6.07) is 2.20. The first-order valence-corrected chi connectivity index (χ1v) is 4.31. The predicted molar refractivity (Wildman–Crippen MR) is 50.2 cm³/mol. The highest BCUT2D eigenvalue weighted by molar-refractivity contribution is 5.94. The highest BCUT2D eigenvalue weighted by atomic mass is 19.1. The molecule has 3 N–H and O–H groups in total. The van der Waals surface area contributed by atoms with Crippen molar-refractivity contribution in [1.82, 2.24) is 10.3 Å². The van der Waals surface area contributed by atoms with Crippen molar-refractivity contribution < 1.29 is 24.2 Å². The highest BCUT2D eigenvalue weighted by Gasteiger charge is 2.14. The molecular formula is C9H9FN2O4. The monoisotopic (exact) mass is 228 g/mol. The van der Waals surface area contributed by atoms with Crippen LogP contribution in [-0.2, 0) is 4.79 Å². The maximum absolute atomic E-state index is 12.4. The zero-order chi connectivity index (χ0) is 12.1. The highest BCUT2D eigenvalue weighted by Crippen LogP contribution is 1.98. The molecule has 1 atom stereocenters. The molecule has 0 aromatic carbocycles. The molecule has 86 valence electrons. The van der Waals surface area contributed by atoms with E-state index in [4.69, 9.17) is 10.2 Å². The van der Waals surface area contributed by atoms with Crippen molar-refractivity contribution in [3.8, 4) is 0 Å². The zero-order valence-electron chi connectivity index (χ0n) is 8.05. The van der Waals surface area contributed by atoms with Gasteiger partial charge in [0.25, 0.3) is 5.91 Å². The van der Waals surface area contributed by atoms with Crippen LogP contribution >= 0.6 is 0 Å². The summed E-state index contributed by atoms with van der Waals surface area (Å²) >= 11 is 0. The van der Waals surface area contributed by atoms with Crippen LogP contribution in [-0.4, -0.2) is 39.7 Å². The van der Waals surface area contributed by atoms with E-state index in [1.165, 1.54) is 6.07 Å². The van der Waals surface area contributed by atoms with E-state index in [-0.39, 0.29) is 5.56 Å². The fourth-order valence-electron chi connectivity index (χ4n) is 0.889. The third-order valence-electron chi connectivity index (χ3n) is 1.73. The summed E-state index contributed by atoms with van der Waals surface area (Å²) in [6.07, 6.45) is -0.657. The Hall–Kier alpha value is -2.02. The quantitative estimate of drug-likeness (QED) is 0.597. The molecule has 0 saturated carbocycles. The lowest BCUT2D eigenvalue weighted by atomic mass is 10.2. The Bertz CT molecular complexity index is 393. The number of aliphatic hydroxyl groups is 1. The van der Waals surface area contributed by atoms with Crippen molar-refractivity contribution in [3.05, 3.63) is 29.8 Å². The number of halogens is 1. The molecule has 6 nitrogen and oxygen atoms in total. The third-order valence-corrected chi connectivity index (χ3v) is 1.73. The second-order valence-corrected chi connectivity index (χ2v) is 2.93. The van der Waals surface area contributed by atoms with Gasteiger partial charge in [0.05, 0.1) is 12.1 Å². The Labute approximate surface area is 89.7 Å². The Kier molecular flexibility index (Phi) is 3.90. The normalized spacial score (nSPS) is 11.9. The Morgan fingerprint density at radius 2 is 2.19 bits per heavy atom. The summed E-state index contributed by atoms with van der Waals surface area (Å²) in [6.45, 7) is -0.425. The average Bonchev–Trinajstić information content (AvgIpc) is 2.26. The summed E-state index contributed by atoms with van der Waals surface area (Å²) in [4.78, 5) is 24.8. The minimum Gasteiger partial charge on any atom is -0.479 e. The molecule has 0 aliphatic rings. The first-order chi connectivity index (χ1) is 7.50. The number of carboxylic acids is 1. The number of carbonyl (C=O) groups is 2. The molecule has 1 heterocycles. The summed E-state index contributed by atoms with van der Waals surface area (Å²) < 4.78 is 12.4. The van der Waals surface area contributed by atoms with Crippen molar-refractivity contribution in [2.75, 3.05) is 6.54 Å². The van der Waals surface area contributed by atoms with Crippen LogP contribution in [0.25, 0.3) is 0 Å². The second kappa shape index (κ2) is 5.17. The van der Waals surface area contributed by atoms with Crippen molar-refractivity contribution in [2.45, 2.75) is 6.10 Å². The number of aromatic nitrogens is 1. The van der Waals surface area contributed by atoms with Crippen LogP contribution in [0.2, 0.25) is 0 Å². The van der Waals surface area contributed by atoms with E-state index >= 15 is 0 Å². The lowest BCUT2D eigenvalue weighted by Crippen LogP contribution is -2.36. The summed E-state index contributed by atoms with van der Waals surface area (Å²) in [5.41, 5.74) is 0.0824. The third kappa shape index (κ3) is 3.28. The molecule has 1 rings (SSSR count). The number of pyridine rings is 1. The first-order valence-electron chi connectivity index (χ1n) is 4.31. The van der Waals surface area contributed by atoms with Crippen LogP contribution in [0.3, 0.4) is 0 Å². The maximum Gasteiger partial charge on any atom is 0.334 e. The molecule has 0 spiro atoms. The van der Waals surface area contributed by atoms with Crippen LogP contribution in [0.15, 0.2) is 18.3 Å². The molecular weight excluding hydrogens is 219 g/mol. The topological polar surface area (TPSA) is 99.5 Å². The Morgan fingerprint density at radius 3 is 2.69 bits per heavy atom. The first kappa shape index (κ1) is 12.1. The van der Waals surface area contributed by atoms with Gasteiger partial charge in [0.15, 0.2) is 6.10 Å². The van der Waals surface area contributed by atoms with E-state index in [0.717, 1.165) is 12.3 Å². The summed E-state index contributed by atoms with van der Waals surface area (Å²) in [5.74, 6) is -2.78. The fraction of sp³-hybridized carbons (Fsp3) is 0.222. The van der Waals surface area contributed by atoms with Crippen LogP contribution in [0.5, 0.6) is 0 Å². The largest absolute Gasteiger partial charge is 0.479 e. The standard InChI is InChI=1S/C9H9FN2O4/c10-7-2-1-5(3-11-7)8(14)12-4-6(13)9(15)16/h1-3,6,13H,4H2,(H,12,14)(H,15,16). The van der Waals surface area contributed by atoms with Gasteiger partial charge in [-0.3, -0.25) is 4.79 Å². The van der Waals surface area contributed by atoms with Crippen molar-refractivity contribution in [2.24, 2.45) is 0 Å². The molecule has 16 heavy (non-hydrogen) atoms. The number of aliphatic carboxylic acids is 1. The lowest BCUT2D eigenvalue weighted by molar-refractivity contribution is -0.146. The molecule has 1 aromatic rings. The van der Waals surface area contributed by atoms with E-state index in [9.17, 15) is 14.0 Å². The van der Waals surface area contributed by atoms with Crippen LogP contribution in [0, 0.1) is 5.95 Å². The van der Waals surface area contributed by atoms with Crippen LogP contribution in [0.4, 0.5) is 4.39 Å². The van der Waals surface area contributed by atoms with Gasteiger partial charge in [0.2, 0.25) is 5.95 Å². The maximum atomic E-state index is 12.4. The molecule has 1 aromatic heterocycles. The number of nitrogens with one attached hydrogen (secondary N) is 1. The SMILES string of the molecule is O=C(NCC(O)C(=O)O)c1ccc(F)nc1. The number of aliphatic hydroxyl groups excluding tert-OH is 1. The molecule has 1 amide bonds. The van der Waals surface area contributed by atoms with E-state index in [0.29, 0.717) is 0 Å². The van der Waals surface area contributed by atoms with Gasteiger partial charge in [-0.2, -0.15) is 4.39 Å². The Morgan fingerprint density at radius 1 is 1.50 bits per heavy atom. The van der Waals surface area contributed by atoms with Crippen molar-refractivity contribution >= 4 is 11.9 Å². The van der Waals surface area contributed by atoms with Gasteiger partial charge in [-0.1, -0.05) is 0 Å². The van der Waals surface area contributed by atoms with Gasteiger partial charge in [0, 0.05) is 6.20 Å². The minimum absolute atomic E-state index is 0.0824. The van der Waals surface area contributed by atoms with Crippen molar-refractivity contribution in [1.29, 1.82) is 0 Å². The van der Waals surface area contributed by atoms with Gasteiger partial charge in [-0.25, -0.2) is 9.78 Å². The van der Waals surface area contributed by atoms with Crippen molar-refractivity contribution in [3.63, 3.8) is 0 Å². The molecule has 0 aliphatic heterocycles. The van der Waals surface area contributed by atoms with E-state index < -0.39 is 30.5 Å². The zero-order valence-corrected chi connectivity index (χ0v) is 8.05. The smallest absolute Gasteiger partial charge is 0.334 e.